The second kappa shape index (κ2) is 6.87. The summed E-state index contributed by atoms with van der Waals surface area (Å²) >= 11 is 1.82. The van der Waals surface area contributed by atoms with Crippen molar-refractivity contribution in [1.29, 1.82) is 0 Å². The normalized spacial score (nSPS) is 18.6. The number of fused-ring (bicyclic) bond motifs is 4. The third kappa shape index (κ3) is 2.55. The van der Waals surface area contributed by atoms with E-state index in [0.29, 0.717) is 0 Å². The molecule has 4 heteroatoms. The van der Waals surface area contributed by atoms with Crippen LogP contribution in [0.3, 0.4) is 0 Å². The number of hydrogen-bond donors (Lipinski definition) is 1. The van der Waals surface area contributed by atoms with Crippen LogP contribution in [0.15, 0.2) is 69.0 Å². The molecule has 0 radical (unpaired) electrons. The molecule has 3 heterocycles. The van der Waals surface area contributed by atoms with Gasteiger partial charge < -0.3 is 9.15 Å². The first-order valence-corrected chi connectivity index (χ1v) is 10.7. The van der Waals surface area contributed by atoms with E-state index in [-0.39, 0.29) is 0 Å². The maximum absolute atomic E-state index is 6.41. The minimum Gasteiger partial charge on any atom is -0.487 e. The molecule has 28 heavy (non-hydrogen) atoms. The molecule has 0 fully saturated rings. The molecular formula is C24H24NO2S+. The third-order valence-electron chi connectivity index (χ3n) is 5.68. The van der Waals surface area contributed by atoms with E-state index in [1.54, 1.807) is 0 Å². The molecule has 0 saturated carbocycles. The van der Waals surface area contributed by atoms with Crippen LogP contribution in [0.5, 0.6) is 5.75 Å². The van der Waals surface area contributed by atoms with Crippen LogP contribution in [-0.4, -0.2) is 6.61 Å². The van der Waals surface area contributed by atoms with Gasteiger partial charge in [0.25, 0.3) is 0 Å². The van der Waals surface area contributed by atoms with Crippen molar-refractivity contribution < 1.29 is 14.1 Å². The van der Waals surface area contributed by atoms with Crippen LogP contribution in [0.2, 0.25) is 0 Å². The summed E-state index contributed by atoms with van der Waals surface area (Å²) in [7, 11) is 0. The van der Waals surface area contributed by atoms with Gasteiger partial charge in [0, 0.05) is 17.0 Å². The molecular weight excluding hydrogens is 366 g/mol. The second-order valence-corrected chi connectivity index (χ2v) is 8.42. The number of para-hydroxylation sites is 1. The zero-order valence-electron chi connectivity index (χ0n) is 16.3. The Balaban J connectivity index is 1.81. The van der Waals surface area contributed by atoms with Gasteiger partial charge in [-0.05, 0) is 50.0 Å². The van der Waals surface area contributed by atoms with Crippen molar-refractivity contribution in [2.75, 3.05) is 6.61 Å². The highest BCUT2D eigenvalue weighted by Crippen LogP contribution is 2.46. The van der Waals surface area contributed by atoms with Crippen LogP contribution >= 0.6 is 11.8 Å². The number of thioether (sulfide) groups is 1. The molecule has 5 rings (SSSR count). The number of ether oxygens (including phenoxy) is 1. The summed E-state index contributed by atoms with van der Waals surface area (Å²) in [6.07, 6.45) is 5.08. The van der Waals surface area contributed by atoms with Crippen molar-refractivity contribution in [3.8, 4) is 5.75 Å². The Morgan fingerprint density at radius 2 is 2.07 bits per heavy atom. The highest BCUT2D eigenvalue weighted by molar-refractivity contribution is 8.03. The van der Waals surface area contributed by atoms with E-state index in [0.717, 1.165) is 53.7 Å². The quantitative estimate of drug-likeness (QED) is 0.610. The molecule has 2 aliphatic rings. The smallest absolute Gasteiger partial charge is 0.321 e. The number of nitrogens with one attached hydrogen (secondary N) is 1. The van der Waals surface area contributed by atoms with E-state index in [1.165, 1.54) is 32.0 Å². The minimum atomic E-state index is 0.770. The summed E-state index contributed by atoms with van der Waals surface area (Å²) < 4.78 is 12.6. The summed E-state index contributed by atoms with van der Waals surface area (Å²) in [6, 6.07) is 12.7. The molecule has 0 aliphatic carbocycles. The summed E-state index contributed by atoms with van der Waals surface area (Å²) in [5.41, 5.74) is 5.85. The number of hydrogen-bond acceptors (Lipinski definition) is 3. The van der Waals surface area contributed by atoms with E-state index in [1.807, 2.05) is 30.0 Å². The van der Waals surface area contributed by atoms with Crippen molar-refractivity contribution in [1.82, 2.24) is 0 Å². The number of allylic oxidation sites excluding steroid dienone is 2. The number of rotatable bonds is 3. The lowest BCUT2D eigenvalue weighted by molar-refractivity contribution is -0.723. The highest BCUT2D eigenvalue weighted by atomic mass is 32.2. The van der Waals surface area contributed by atoms with Gasteiger partial charge in [-0.25, -0.2) is 4.90 Å². The van der Waals surface area contributed by atoms with Crippen molar-refractivity contribution in [3.05, 3.63) is 70.8 Å². The van der Waals surface area contributed by atoms with Gasteiger partial charge in [-0.15, -0.1) is 0 Å². The number of benzene rings is 2. The van der Waals surface area contributed by atoms with Crippen LogP contribution in [0, 0.1) is 6.92 Å². The number of quaternary nitrogens is 1. The summed E-state index contributed by atoms with van der Waals surface area (Å²) in [5.74, 6) is 1.97. The van der Waals surface area contributed by atoms with Gasteiger partial charge in [-0.1, -0.05) is 43.5 Å². The van der Waals surface area contributed by atoms with Crippen molar-refractivity contribution in [3.63, 3.8) is 0 Å². The molecule has 3 nitrogen and oxygen atoms in total. The maximum atomic E-state index is 6.41. The SMILES string of the molecule is C=CC1=C(CC)Sc2c(oc3ccccc23)[NH+]1c1ccc(C)c2c1OCCC2. The third-order valence-corrected chi connectivity index (χ3v) is 7.04. The van der Waals surface area contributed by atoms with E-state index >= 15 is 0 Å². The van der Waals surface area contributed by atoms with E-state index in [2.05, 4.69) is 44.7 Å². The molecule has 2 aromatic carbocycles. The highest BCUT2D eigenvalue weighted by Gasteiger charge is 2.38. The van der Waals surface area contributed by atoms with E-state index in [4.69, 9.17) is 9.15 Å². The van der Waals surface area contributed by atoms with Gasteiger partial charge in [0.15, 0.2) is 17.1 Å². The molecule has 0 saturated heterocycles. The standard InChI is InChI=1S/C24H23NO2S/c1-4-18-21(5-2)28-23-17-9-6-7-11-20(17)27-24(23)25(18)19-13-12-15(3)16-10-8-14-26-22(16)19/h4,6-7,9,11-13H,1,5,8,10,14H2,2-3H3/p+1. The minimum absolute atomic E-state index is 0.770. The topological polar surface area (TPSA) is 26.8 Å². The van der Waals surface area contributed by atoms with Gasteiger partial charge in [0.2, 0.25) is 0 Å². The average molecular weight is 391 g/mol. The predicted molar refractivity (Wildman–Crippen MR) is 115 cm³/mol. The fraction of sp³-hybridized carbons (Fsp3) is 0.250. The number of aryl methyl sites for hydroxylation is 1. The first-order chi connectivity index (χ1) is 13.7. The molecule has 3 aromatic rings. The first-order valence-electron chi connectivity index (χ1n) is 9.91. The fourth-order valence-corrected chi connectivity index (χ4v) is 5.50. The lowest BCUT2D eigenvalue weighted by Gasteiger charge is -2.28. The summed E-state index contributed by atoms with van der Waals surface area (Å²) in [5, 5.41) is 1.18. The average Bonchev–Trinajstić information content (AvgIpc) is 3.11. The monoisotopic (exact) mass is 390 g/mol. The van der Waals surface area contributed by atoms with Crippen molar-refractivity contribution >= 4 is 34.3 Å². The first kappa shape index (κ1) is 17.7. The van der Waals surface area contributed by atoms with Crippen LogP contribution in [0.1, 0.15) is 30.9 Å². The fourth-order valence-electron chi connectivity index (χ4n) is 4.30. The lowest BCUT2D eigenvalue weighted by atomic mass is 9.99. The Kier molecular flexibility index (Phi) is 4.33. The van der Waals surface area contributed by atoms with Gasteiger partial charge >= 0.3 is 5.88 Å². The Hall–Kier alpha value is -2.43. The second-order valence-electron chi connectivity index (χ2n) is 7.32. The van der Waals surface area contributed by atoms with Crippen LogP contribution in [0.25, 0.3) is 11.0 Å². The van der Waals surface area contributed by atoms with Gasteiger partial charge in [0.1, 0.15) is 10.5 Å². The van der Waals surface area contributed by atoms with E-state index in [9.17, 15) is 0 Å². The molecule has 0 bridgehead atoms. The Morgan fingerprint density at radius 3 is 2.89 bits per heavy atom. The van der Waals surface area contributed by atoms with E-state index < -0.39 is 0 Å². The largest absolute Gasteiger partial charge is 0.487 e. The Labute approximate surface area is 169 Å². The molecule has 1 unspecified atom stereocenters. The van der Waals surface area contributed by atoms with Crippen LogP contribution < -0.4 is 9.64 Å². The molecule has 1 aromatic heterocycles. The molecule has 1 atom stereocenters. The van der Waals surface area contributed by atoms with Crippen LogP contribution in [0.4, 0.5) is 11.6 Å². The lowest BCUT2D eigenvalue weighted by Crippen LogP contribution is -3.00. The molecule has 0 amide bonds. The Bertz CT molecular complexity index is 1130. The van der Waals surface area contributed by atoms with Gasteiger partial charge in [-0.2, -0.15) is 0 Å². The molecule has 142 valence electrons. The summed E-state index contributed by atoms with van der Waals surface area (Å²) in [4.78, 5) is 3.65. The molecule has 1 N–H and O–H groups in total. The summed E-state index contributed by atoms with van der Waals surface area (Å²) in [6.45, 7) is 9.29. The van der Waals surface area contributed by atoms with Gasteiger partial charge in [-0.3, -0.25) is 0 Å². The molecule has 0 spiro atoms. The van der Waals surface area contributed by atoms with Crippen LogP contribution in [-0.2, 0) is 6.42 Å². The Morgan fingerprint density at radius 1 is 1.21 bits per heavy atom. The zero-order valence-corrected chi connectivity index (χ0v) is 17.1. The maximum Gasteiger partial charge on any atom is 0.321 e. The molecule has 2 aliphatic heterocycles. The van der Waals surface area contributed by atoms with Crippen molar-refractivity contribution in [2.45, 2.75) is 38.0 Å². The van der Waals surface area contributed by atoms with Gasteiger partial charge in [0.05, 0.1) is 11.5 Å². The zero-order chi connectivity index (χ0) is 19.3. The van der Waals surface area contributed by atoms with Crippen molar-refractivity contribution in [2.24, 2.45) is 0 Å². The predicted octanol–water partition coefficient (Wildman–Crippen LogP) is 5.83. The number of furan rings is 1.